The molecule has 4 heteroatoms. The minimum absolute atomic E-state index is 0.350. The van der Waals surface area contributed by atoms with E-state index in [1.165, 1.54) is 0 Å². The monoisotopic (exact) mass is 177 g/mol. The van der Waals surface area contributed by atoms with Gasteiger partial charge in [-0.05, 0) is 19.1 Å². The second-order valence-electron chi connectivity index (χ2n) is 2.74. The Labute approximate surface area is 76.8 Å². The predicted molar refractivity (Wildman–Crippen MR) is 49.1 cm³/mol. The van der Waals surface area contributed by atoms with Crippen LogP contribution in [0.1, 0.15) is 12.6 Å². The van der Waals surface area contributed by atoms with Crippen molar-refractivity contribution in [3.8, 4) is 6.07 Å². The molecule has 0 aliphatic heterocycles. The van der Waals surface area contributed by atoms with Gasteiger partial charge < -0.3 is 10.4 Å². The number of aliphatic hydroxyl groups excluding tert-OH is 1. The van der Waals surface area contributed by atoms with Gasteiger partial charge in [0.15, 0.2) is 5.69 Å². The number of nitrogens with zero attached hydrogens (tertiary/aromatic N) is 2. The maximum atomic E-state index is 9.01. The molecule has 0 fully saturated rings. The van der Waals surface area contributed by atoms with E-state index < -0.39 is 6.10 Å². The van der Waals surface area contributed by atoms with Crippen LogP contribution in [0.3, 0.4) is 0 Å². The lowest BCUT2D eigenvalue weighted by Crippen LogP contribution is -2.16. The summed E-state index contributed by atoms with van der Waals surface area (Å²) < 4.78 is 0. The van der Waals surface area contributed by atoms with Crippen molar-refractivity contribution in [2.24, 2.45) is 0 Å². The first-order valence-electron chi connectivity index (χ1n) is 4.01. The Morgan fingerprint density at radius 2 is 2.54 bits per heavy atom. The number of hydrogen-bond acceptors (Lipinski definition) is 4. The summed E-state index contributed by atoms with van der Waals surface area (Å²) in [4.78, 5) is 3.87. The SMILES string of the molecule is CC(O)CNc1cccnc1C#N. The molecule has 1 heterocycles. The predicted octanol–water partition coefficient (Wildman–Crippen LogP) is 0.746. The molecule has 68 valence electrons. The number of anilines is 1. The lowest BCUT2D eigenvalue weighted by molar-refractivity contribution is 0.208. The molecule has 0 aliphatic rings. The van der Waals surface area contributed by atoms with Crippen LogP contribution in [0.25, 0.3) is 0 Å². The number of pyridine rings is 1. The van der Waals surface area contributed by atoms with Crippen molar-refractivity contribution < 1.29 is 5.11 Å². The van der Waals surface area contributed by atoms with E-state index in [0.29, 0.717) is 17.9 Å². The molecule has 13 heavy (non-hydrogen) atoms. The van der Waals surface area contributed by atoms with Crippen LogP contribution >= 0.6 is 0 Å². The van der Waals surface area contributed by atoms with Gasteiger partial charge in [0.1, 0.15) is 6.07 Å². The highest BCUT2D eigenvalue weighted by Gasteiger charge is 2.01. The molecular formula is C9H11N3O. The third kappa shape index (κ3) is 2.73. The zero-order chi connectivity index (χ0) is 9.68. The quantitative estimate of drug-likeness (QED) is 0.714. The number of nitrogens with one attached hydrogen (secondary N) is 1. The molecule has 1 aromatic heterocycles. The van der Waals surface area contributed by atoms with Crippen molar-refractivity contribution in [1.29, 1.82) is 5.26 Å². The number of hydrogen-bond donors (Lipinski definition) is 2. The molecule has 0 radical (unpaired) electrons. The number of aromatic nitrogens is 1. The van der Waals surface area contributed by atoms with E-state index in [0.717, 1.165) is 0 Å². The normalized spacial score (nSPS) is 11.8. The van der Waals surface area contributed by atoms with Gasteiger partial charge in [-0.15, -0.1) is 0 Å². The van der Waals surface area contributed by atoms with Gasteiger partial charge in [0.25, 0.3) is 0 Å². The minimum atomic E-state index is -0.438. The zero-order valence-electron chi connectivity index (χ0n) is 7.36. The summed E-state index contributed by atoms with van der Waals surface area (Å²) in [5.74, 6) is 0. The second-order valence-corrected chi connectivity index (χ2v) is 2.74. The second kappa shape index (κ2) is 4.43. The van der Waals surface area contributed by atoms with Crippen molar-refractivity contribution >= 4 is 5.69 Å². The van der Waals surface area contributed by atoms with E-state index in [9.17, 15) is 0 Å². The first kappa shape index (κ1) is 9.49. The van der Waals surface area contributed by atoms with Gasteiger partial charge in [-0.3, -0.25) is 0 Å². The molecule has 0 aliphatic carbocycles. The van der Waals surface area contributed by atoms with Crippen molar-refractivity contribution in [3.63, 3.8) is 0 Å². The van der Waals surface area contributed by atoms with E-state index in [1.54, 1.807) is 25.3 Å². The molecule has 0 spiro atoms. The Hall–Kier alpha value is -1.60. The maximum Gasteiger partial charge on any atom is 0.163 e. The summed E-state index contributed by atoms with van der Waals surface area (Å²) >= 11 is 0. The molecule has 0 bridgehead atoms. The van der Waals surface area contributed by atoms with E-state index in [2.05, 4.69) is 10.3 Å². The number of rotatable bonds is 3. The Morgan fingerprint density at radius 3 is 3.15 bits per heavy atom. The topological polar surface area (TPSA) is 68.9 Å². The lowest BCUT2D eigenvalue weighted by Gasteiger charge is -2.08. The fourth-order valence-corrected chi connectivity index (χ4v) is 0.895. The van der Waals surface area contributed by atoms with Crippen LogP contribution in [-0.4, -0.2) is 22.7 Å². The summed E-state index contributed by atoms with van der Waals surface area (Å²) in [6.07, 6.45) is 1.12. The Kier molecular flexibility index (Phi) is 3.23. The van der Waals surface area contributed by atoms with Crippen molar-refractivity contribution in [2.75, 3.05) is 11.9 Å². The Morgan fingerprint density at radius 1 is 1.77 bits per heavy atom. The van der Waals surface area contributed by atoms with Gasteiger partial charge in [0.05, 0.1) is 11.8 Å². The molecule has 2 N–H and O–H groups in total. The molecule has 0 aromatic carbocycles. The molecule has 0 saturated carbocycles. The van der Waals surface area contributed by atoms with E-state index in [4.69, 9.17) is 10.4 Å². The largest absolute Gasteiger partial charge is 0.392 e. The third-order valence-electron chi connectivity index (χ3n) is 1.50. The summed E-state index contributed by atoms with van der Waals surface area (Å²) in [5, 5.41) is 20.6. The van der Waals surface area contributed by atoms with Crippen molar-refractivity contribution in [3.05, 3.63) is 24.0 Å². The van der Waals surface area contributed by atoms with Crippen LogP contribution in [0, 0.1) is 11.3 Å². The van der Waals surface area contributed by atoms with Crippen LogP contribution in [0.4, 0.5) is 5.69 Å². The highest BCUT2D eigenvalue weighted by atomic mass is 16.3. The zero-order valence-corrected chi connectivity index (χ0v) is 7.36. The molecule has 4 nitrogen and oxygen atoms in total. The summed E-state index contributed by atoms with van der Waals surface area (Å²) in [5.41, 5.74) is 1.01. The van der Waals surface area contributed by atoms with Gasteiger partial charge in [-0.25, -0.2) is 4.98 Å². The van der Waals surface area contributed by atoms with Crippen LogP contribution in [0.2, 0.25) is 0 Å². The van der Waals surface area contributed by atoms with Gasteiger partial charge in [0, 0.05) is 12.7 Å². The minimum Gasteiger partial charge on any atom is -0.392 e. The molecule has 1 aromatic rings. The fourth-order valence-electron chi connectivity index (χ4n) is 0.895. The first-order chi connectivity index (χ1) is 6.24. The maximum absolute atomic E-state index is 9.01. The molecule has 0 amide bonds. The molecule has 1 unspecified atom stereocenters. The van der Waals surface area contributed by atoms with Crippen LogP contribution in [0.5, 0.6) is 0 Å². The smallest absolute Gasteiger partial charge is 0.163 e. The average Bonchev–Trinajstić information content (AvgIpc) is 2.15. The van der Waals surface area contributed by atoms with Gasteiger partial charge in [0.2, 0.25) is 0 Å². The Balaban J connectivity index is 2.71. The van der Waals surface area contributed by atoms with Crippen molar-refractivity contribution in [1.82, 2.24) is 4.98 Å². The third-order valence-corrected chi connectivity index (χ3v) is 1.50. The van der Waals surface area contributed by atoms with Gasteiger partial charge in [-0.1, -0.05) is 0 Å². The highest BCUT2D eigenvalue weighted by Crippen LogP contribution is 2.09. The average molecular weight is 177 g/mol. The van der Waals surface area contributed by atoms with E-state index in [1.807, 2.05) is 6.07 Å². The van der Waals surface area contributed by atoms with Gasteiger partial charge >= 0.3 is 0 Å². The fraction of sp³-hybridized carbons (Fsp3) is 0.333. The van der Waals surface area contributed by atoms with E-state index in [-0.39, 0.29) is 0 Å². The molecule has 1 rings (SSSR count). The van der Waals surface area contributed by atoms with Crippen molar-refractivity contribution in [2.45, 2.75) is 13.0 Å². The van der Waals surface area contributed by atoms with Crippen LogP contribution in [0.15, 0.2) is 18.3 Å². The Bertz CT molecular complexity index is 317. The van der Waals surface area contributed by atoms with Crippen LogP contribution in [-0.2, 0) is 0 Å². The summed E-state index contributed by atoms with van der Waals surface area (Å²) in [6, 6.07) is 5.46. The standard InChI is InChI=1S/C9H11N3O/c1-7(13)6-12-8-3-2-4-11-9(8)5-10/h2-4,7,12-13H,6H2,1H3. The molecular weight excluding hydrogens is 166 g/mol. The number of aliphatic hydroxyl groups is 1. The van der Waals surface area contributed by atoms with Crippen LogP contribution < -0.4 is 5.32 Å². The summed E-state index contributed by atoms with van der Waals surface area (Å²) in [6.45, 7) is 2.09. The number of nitriles is 1. The highest BCUT2D eigenvalue weighted by molar-refractivity contribution is 5.53. The lowest BCUT2D eigenvalue weighted by atomic mass is 10.3. The van der Waals surface area contributed by atoms with Gasteiger partial charge in [-0.2, -0.15) is 5.26 Å². The molecule has 1 atom stereocenters. The first-order valence-corrected chi connectivity index (χ1v) is 4.01. The molecule has 0 saturated heterocycles. The van der Waals surface area contributed by atoms with E-state index >= 15 is 0 Å². The summed E-state index contributed by atoms with van der Waals surface area (Å²) in [7, 11) is 0.